The maximum Gasteiger partial charge on any atom is 0.407 e. The van der Waals surface area contributed by atoms with Gasteiger partial charge in [0.2, 0.25) is 21.8 Å². The quantitative estimate of drug-likeness (QED) is 0.317. The lowest BCUT2D eigenvalue weighted by atomic mass is 9.85. The maximum absolute atomic E-state index is 14.8. The van der Waals surface area contributed by atoms with Crippen molar-refractivity contribution in [3.63, 3.8) is 0 Å². The monoisotopic (exact) mass is 776 g/mol. The van der Waals surface area contributed by atoms with Crippen molar-refractivity contribution in [2.75, 3.05) is 20.3 Å². The number of nitrogens with one attached hydrogen (secondary N) is 3. The van der Waals surface area contributed by atoms with Crippen LogP contribution in [0, 0.1) is 16.7 Å². The predicted molar refractivity (Wildman–Crippen MR) is 209 cm³/mol. The fourth-order valence-corrected chi connectivity index (χ4v) is 9.40. The molecule has 298 valence electrons. The number of amides is 4. The van der Waals surface area contributed by atoms with Crippen LogP contribution in [0.3, 0.4) is 0 Å². The summed E-state index contributed by atoms with van der Waals surface area (Å²) in [5.74, 6) is -2.51. The van der Waals surface area contributed by atoms with E-state index in [0.717, 1.165) is 42.4 Å². The summed E-state index contributed by atoms with van der Waals surface area (Å²) in [4.78, 5) is 57.8. The molecule has 4 amide bonds. The van der Waals surface area contributed by atoms with E-state index in [0.29, 0.717) is 12.8 Å². The van der Waals surface area contributed by atoms with Crippen molar-refractivity contribution in [3.8, 4) is 11.1 Å². The SMILES string of the molecule is C=C[C@@H]1C[C@]1(NC(=O)[C@@H]1C[C@]2(OC)CN1C(=O)[C@H](C(C)(C)C)NC(=O)OCC(C)(C)CCCCc1ccccc1-c1ccc2cc1)C(=O)NS(=O)(=O)C1CC1. The zero-order valence-corrected chi connectivity index (χ0v) is 33.7. The molecule has 4 bridgehead atoms. The number of rotatable bonds is 7. The molecular weight excluding hydrogens is 721 g/mol. The van der Waals surface area contributed by atoms with Gasteiger partial charge in [0.05, 0.1) is 18.4 Å². The molecule has 0 aromatic heterocycles. The Balaban J connectivity index is 1.38. The van der Waals surface area contributed by atoms with Gasteiger partial charge >= 0.3 is 6.09 Å². The van der Waals surface area contributed by atoms with Crippen LogP contribution < -0.4 is 15.4 Å². The van der Waals surface area contributed by atoms with Crippen molar-refractivity contribution < 1.29 is 37.1 Å². The number of benzene rings is 2. The van der Waals surface area contributed by atoms with Crippen molar-refractivity contribution in [3.05, 3.63) is 72.3 Å². The van der Waals surface area contributed by atoms with Crippen LogP contribution in [0.4, 0.5) is 4.79 Å². The first-order chi connectivity index (χ1) is 25.8. The van der Waals surface area contributed by atoms with Gasteiger partial charge in [-0.1, -0.05) is 95.6 Å². The molecule has 2 aromatic carbocycles. The molecule has 0 spiro atoms. The summed E-state index contributed by atoms with van der Waals surface area (Å²) in [6.07, 6.45) is 5.52. The highest BCUT2D eigenvalue weighted by Gasteiger charge is 2.62. The van der Waals surface area contributed by atoms with Crippen LogP contribution >= 0.6 is 0 Å². The minimum Gasteiger partial charge on any atom is -0.449 e. The summed E-state index contributed by atoms with van der Waals surface area (Å²) < 4.78 is 39.7. The van der Waals surface area contributed by atoms with Gasteiger partial charge in [0.1, 0.15) is 23.2 Å². The van der Waals surface area contributed by atoms with E-state index >= 15 is 0 Å². The number of nitrogens with zero attached hydrogens (tertiary/aromatic N) is 1. The first kappa shape index (κ1) is 40.4. The van der Waals surface area contributed by atoms with Crippen molar-refractivity contribution >= 4 is 33.8 Å². The van der Waals surface area contributed by atoms with Gasteiger partial charge in [-0.05, 0) is 71.6 Å². The number of sulfonamides is 1. The number of carbonyl (C=O) groups is 4. The van der Waals surface area contributed by atoms with Crippen molar-refractivity contribution in [2.24, 2.45) is 16.7 Å². The van der Waals surface area contributed by atoms with E-state index in [4.69, 9.17) is 9.47 Å². The van der Waals surface area contributed by atoms with Gasteiger partial charge in [-0.3, -0.25) is 19.1 Å². The topological polar surface area (TPSA) is 160 Å². The molecule has 12 nitrogen and oxygen atoms in total. The molecule has 0 unspecified atom stereocenters. The van der Waals surface area contributed by atoms with E-state index in [1.54, 1.807) is 0 Å². The van der Waals surface area contributed by atoms with E-state index in [1.165, 1.54) is 23.6 Å². The molecule has 3 aliphatic heterocycles. The first-order valence-electron chi connectivity index (χ1n) is 19.3. The van der Waals surface area contributed by atoms with Gasteiger partial charge in [-0.15, -0.1) is 6.58 Å². The third-order valence-corrected chi connectivity index (χ3v) is 13.6. The van der Waals surface area contributed by atoms with E-state index in [-0.39, 0.29) is 31.4 Å². The highest BCUT2D eigenvalue weighted by molar-refractivity contribution is 7.91. The molecule has 55 heavy (non-hydrogen) atoms. The van der Waals surface area contributed by atoms with Crippen LogP contribution in [0.1, 0.15) is 90.7 Å². The second-order valence-corrected chi connectivity index (χ2v) is 19.7. The number of ether oxygens (including phenoxy) is 2. The minimum atomic E-state index is -3.90. The molecule has 3 N–H and O–H groups in total. The largest absolute Gasteiger partial charge is 0.449 e. The van der Waals surface area contributed by atoms with Crippen molar-refractivity contribution in [1.82, 2.24) is 20.3 Å². The van der Waals surface area contributed by atoms with Crippen molar-refractivity contribution in [1.29, 1.82) is 0 Å². The van der Waals surface area contributed by atoms with Crippen LogP contribution in [0.2, 0.25) is 0 Å². The molecule has 3 fully saturated rings. The highest BCUT2D eigenvalue weighted by atomic mass is 32.2. The minimum absolute atomic E-state index is 0.0311. The average Bonchev–Trinajstić information content (AvgIpc) is 4.07. The van der Waals surface area contributed by atoms with Gasteiger partial charge in [-0.2, -0.15) is 0 Å². The van der Waals surface area contributed by atoms with Gasteiger partial charge < -0.3 is 25.0 Å². The first-order valence-corrected chi connectivity index (χ1v) is 20.9. The summed E-state index contributed by atoms with van der Waals surface area (Å²) in [6, 6.07) is 14.1. The van der Waals surface area contributed by atoms with E-state index in [1.807, 2.05) is 57.2 Å². The Morgan fingerprint density at radius 1 is 1.04 bits per heavy atom. The van der Waals surface area contributed by atoms with Gasteiger partial charge in [-0.25, -0.2) is 13.2 Å². The number of hydrogen-bond donors (Lipinski definition) is 3. The molecule has 3 heterocycles. The normalized spacial score (nSPS) is 28.6. The fraction of sp³-hybridized carbons (Fsp3) is 0.571. The lowest BCUT2D eigenvalue weighted by Crippen LogP contribution is -2.60. The second-order valence-electron chi connectivity index (χ2n) is 17.7. The molecule has 13 heteroatoms. The third-order valence-electron chi connectivity index (χ3n) is 11.8. The van der Waals surface area contributed by atoms with Gasteiger partial charge in [0, 0.05) is 19.4 Å². The van der Waals surface area contributed by atoms with Gasteiger partial charge in [0.25, 0.3) is 5.91 Å². The van der Waals surface area contributed by atoms with Gasteiger partial charge in [0.15, 0.2) is 0 Å². The highest BCUT2D eigenvalue weighted by Crippen LogP contribution is 2.47. The Morgan fingerprint density at radius 2 is 1.73 bits per heavy atom. The Kier molecular flexibility index (Phi) is 11.0. The summed E-state index contributed by atoms with van der Waals surface area (Å²) in [7, 11) is -2.36. The number of fused-ring (bicyclic) bond motifs is 12. The number of carbonyl (C=O) groups excluding carboxylic acids is 4. The van der Waals surface area contributed by atoms with Crippen molar-refractivity contribution in [2.45, 2.75) is 114 Å². The molecule has 0 radical (unpaired) electrons. The second kappa shape index (κ2) is 15.0. The Labute approximate surface area is 325 Å². The molecule has 7 rings (SSSR count). The Bertz CT molecular complexity index is 1940. The Morgan fingerprint density at radius 3 is 2.35 bits per heavy atom. The summed E-state index contributed by atoms with van der Waals surface area (Å²) >= 11 is 0. The lowest BCUT2D eigenvalue weighted by Gasteiger charge is -2.36. The summed E-state index contributed by atoms with van der Waals surface area (Å²) in [5.41, 5.74) is 0.318. The number of methoxy groups -OCH3 is 1. The third kappa shape index (κ3) is 8.47. The van der Waals surface area contributed by atoms with Crippen LogP contribution in [0.25, 0.3) is 11.1 Å². The maximum atomic E-state index is 14.8. The number of alkyl carbamates (subject to hydrolysis) is 1. The molecular formula is C42H56N4O8S. The molecule has 2 aliphatic carbocycles. The van der Waals surface area contributed by atoms with E-state index in [2.05, 4.69) is 47.9 Å². The Hall–Kier alpha value is -4.23. The number of hydrogen-bond acceptors (Lipinski definition) is 8. The average molecular weight is 777 g/mol. The van der Waals surface area contributed by atoms with E-state index < -0.39 is 73.6 Å². The molecule has 5 atom stereocenters. The summed E-state index contributed by atoms with van der Waals surface area (Å²) in [5, 5.41) is 5.03. The van der Waals surface area contributed by atoms with Crippen LogP contribution in [0.5, 0.6) is 0 Å². The smallest absolute Gasteiger partial charge is 0.407 e. The van der Waals surface area contributed by atoms with Crippen LogP contribution in [0.15, 0.2) is 61.2 Å². The predicted octanol–water partition coefficient (Wildman–Crippen LogP) is 5.36. The molecule has 5 aliphatic rings. The van der Waals surface area contributed by atoms with E-state index in [9.17, 15) is 27.6 Å². The number of aryl methyl sites for hydroxylation is 1. The molecule has 2 saturated carbocycles. The lowest BCUT2D eigenvalue weighted by molar-refractivity contribution is -0.143. The molecule has 1 saturated heterocycles. The standard InChI is InChI=1S/C42H56N4O8S/c1-8-29-23-42(29,37(49)45-55(51,52)31-20-21-31)44-35(47)33-24-41(53-7)25-46(33)36(48)34(39(2,3)4)43-38(50)54-26-40(5,6)22-12-11-14-27-13-9-10-15-32(27)28-16-18-30(41)19-17-28/h8-10,13,15-19,29,31,33-34H,1,11-12,14,20-26H2,2-7H3,(H,43,50)(H,44,47)(H,45,49)/t29-,33+,34-,41+,42-/m1/s1. The fourth-order valence-electron chi connectivity index (χ4n) is 8.03. The zero-order chi connectivity index (χ0) is 40.0. The summed E-state index contributed by atoms with van der Waals surface area (Å²) in [6.45, 7) is 13.5. The van der Waals surface area contributed by atoms with Crippen LogP contribution in [-0.2, 0) is 45.9 Å². The zero-order valence-electron chi connectivity index (χ0n) is 32.9. The molecule has 2 aromatic rings. The van der Waals surface area contributed by atoms with Crippen LogP contribution in [-0.4, -0.2) is 80.3 Å².